The van der Waals surface area contributed by atoms with E-state index in [1.807, 2.05) is 6.92 Å². The molecule has 20 heavy (non-hydrogen) atoms. The standard InChI is InChI=1S/C14H26N2O4/c1-10(3-4-13(18)19)5-7-15-14(20)16-8-6-12(9-16)11(2)17/h10-12,17H,3-9H2,1-2H3,(H,15,20)(H,18,19). The molecule has 6 nitrogen and oxygen atoms in total. The van der Waals surface area contributed by atoms with Gasteiger partial charge >= 0.3 is 12.0 Å². The molecule has 1 aliphatic rings. The molecule has 0 aromatic carbocycles. The van der Waals surface area contributed by atoms with E-state index < -0.39 is 5.97 Å². The Morgan fingerprint density at radius 1 is 1.35 bits per heavy atom. The number of nitrogens with one attached hydrogen (secondary N) is 1. The van der Waals surface area contributed by atoms with Gasteiger partial charge in [0.05, 0.1) is 6.10 Å². The van der Waals surface area contributed by atoms with Gasteiger partial charge in [0.2, 0.25) is 0 Å². The third kappa shape index (κ3) is 5.77. The number of nitrogens with zero attached hydrogens (tertiary/aromatic N) is 1. The highest BCUT2D eigenvalue weighted by atomic mass is 16.4. The maximum absolute atomic E-state index is 11.9. The molecule has 1 fully saturated rings. The minimum absolute atomic E-state index is 0.0846. The average Bonchev–Trinajstić information content (AvgIpc) is 2.86. The zero-order chi connectivity index (χ0) is 15.1. The number of carboxylic acid groups (broad SMARTS) is 1. The number of hydrogen-bond acceptors (Lipinski definition) is 3. The lowest BCUT2D eigenvalue weighted by atomic mass is 10.0. The van der Waals surface area contributed by atoms with Crippen LogP contribution in [0.4, 0.5) is 4.79 Å². The van der Waals surface area contributed by atoms with E-state index in [-0.39, 0.29) is 30.4 Å². The summed E-state index contributed by atoms with van der Waals surface area (Å²) in [6.07, 6.45) is 2.08. The smallest absolute Gasteiger partial charge is 0.317 e. The van der Waals surface area contributed by atoms with Crippen LogP contribution in [0.2, 0.25) is 0 Å². The molecule has 0 saturated carbocycles. The number of amides is 2. The summed E-state index contributed by atoms with van der Waals surface area (Å²) in [6.45, 7) is 5.62. The first-order chi connectivity index (χ1) is 9.40. The highest BCUT2D eigenvalue weighted by Crippen LogP contribution is 2.19. The van der Waals surface area contributed by atoms with Gasteiger partial charge in [-0.25, -0.2) is 4.79 Å². The Morgan fingerprint density at radius 2 is 2.05 bits per heavy atom. The van der Waals surface area contributed by atoms with E-state index in [9.17, 15) is 14.7 Å². The summed E-state index contributed by atoms with van der Waals surface area (Å²) in [5.41, 5.74) is 0. The molecule has 1 rings (SSSR count). The van der Waals surface area contributed by atoms with Gasteiger partial charge in [-0.3, -0.25) is 4.79 Å². The third-order valence-corrected chi connectivity index (χ3v) is 3.96. The highest BCUT2D eigenvalue weighted by Gasteiger charge is 2.28. The molecule has 3 unspecified atom stereocenters. The lowest BCUT2D eigenvalue weighted by Gasteiger charge is -2.19. The summed E-state index contributed by atoms with van der Waals surface area (Å²) in [7, 11) is 0. The number of aliphatic hydroxyl groups is 1. The van der Waals surface area contributed by atoms with E-state index in [0.29, 0.717) is 26.1 Å². The Bertz CT molecular complexity index is 333. The van der Waals surface area contributed by atoms with Crippen molar-refractivity contribution in [3.8, 4) is 0 Å². The summed E-state index contributed by atoms with van der Waals surface area (Å²) in [4.78, 5) is 24.1. The quantitative estimate of drug-likeness (QED) is 0.658. The van der Waals surface area contributed by atoms with Gasteiger partial charge in [0.1, 0.15) is 0 Å². The zero-order valence-electron chi connectivity index (χ0n) is 12.3. The number of carboxylic acids is 1. The highest BCUT2D eigenvalue weighted by molar-refractivity contribution is 5.74. The molecule has 116 valence electrons. The van der Waals surface area contributed by atoms with E-state index in [0.717, 1.165) is 12.8 Å². The molecule has 1 aliphatic heterocycles. The summed E-state index contributed by atoms with van der Waals surface area (Å²) < 4.78 is 0. The Kier molecular flexibility index (Phi) is 6.78. The first kappa shape index (κ1) is 16.8. The van der Waals surface area contributed by atoms with Crippen LogP contribution in [0.3, 0.4) is 0 Å². The minimum atomic E-state index is -0.776. The van der Waals surface area contributed by atoms with Crippen molar-refractivity contribution in [3.05, 3.63) is 0 Å². The topological polar surface area (TPSA) is 89.9 Å². The van der Waals surface area contributed by atoms with Crippen molar-refractivity contribution < 1.29 is 19.8 Å². The van der Waals surface area contributed by atoms with Gasteiger partial charge in [0.25, 0.3) is 0 Å². The lowest BCUT2D eigenvalue weighted by molar-refractivity contribution is -0.137. The summed E-state index contributed by atoms with van der Waals surface area (Å²) in [6, 6.07) is -0.0846. The Morgan fingerprint density at radius 3 is 2.60 bits per heavy atom. The molecule has 0 bridgehead atoms. The summed E-state index contributed by atoms with van der Waals surface area (Å²) in [5, 5.41) is 21.0. The number of likely N-dealkylation sites (tertiary alicyclic amines) is 1. The Hall–Kier alpha value is -1.30. The second kappa shape index (κ2) is 8.09. The number of hydrogen-bond donors (Lipinski definition) is 3. The predicted molar refractivity (Wildman–Crippen MR) is 75.4 cm³/mol. The van der Waals surface area contributed by atoms with Crippen LogP contribution in [0.25, 0.3) is 0 Å². The van der Waals surface area contributed by atoms with Crippen molar-refractivity contribution >= 4 is 12.0 Å². The first-order valence-corrected chi connectivity index (χ1v) is 7.32. The molecule has 1 heterocycles. The largest absolute Gasteiger partial charge is 0.481 e. The fraction of sp³-hybridized carbons (Fsp3) is 0.857. The summed E-state index contributed by atoms with van der Waals surface area (Å²) in [5.74, 6) is -0.312. The maximum Gasteiger partial charge on any atom is 0.317 e. The summed E-state index contributed by atoms with van der Waals surface area (Å²) >= 11 is 0. The van der Waals surface area contributed by atoms with Crippen molar-refractivity contribution in [2.24, 2.45) is 11.8 Å². The second-order valence-corrected chi connectivity index (χ2v) is 5.79. The lowest BCUT2D eigenvalue weighted by Crippen LogP contribution is -2.39. The molecule has 0 radical (unpaired) electrons. The van der Waals surface area contributed by atoms with E-state index in [2.05, 4.69) is 5.32 Å². The molecule has 0 spiro atoms. The molecule has 0 aromatic heterocycles. The number of carbonyl (C=O) groups is 2. The van der Waals surface area contributed by atoms with Gasteiger partial charge in [-0.2, -0.15) is 0 Å². The van der Waals surface area contributed by atoms with Crippen LogP contribution in [-0.2, 0) is 4.79 Å². The van der Waals surface area contributed by atoms with E-state index in [1.165, 1.54) is 0 Å². The van der Waals surface area contributed by atoms with Crippen molar-refractivity contribution in [2.45, 2.75) is 45.6 Å². The van der Waals surface area contributed by atoms with Crippen molar-refractivity contribution in [3.63, 3.8) is 0 Å². The SMILES string of the molecule is CC(CCNC(=O)N1CCC(C(C)O)C1)CCC(=O)O. The number of urea groups is 1. The van der Waals surface area contributed by atoms with Crippen LogP contribution in [0.1, 0.15) is 39.5 Å². The number of rotatable bonds is 7. The minimum Gasteiger partial charge on any atom is -0.481 e. The van der Waals surface area contributed by atoms with Gasteiger partial charge in [-0.15, -0.1) is 0 Å². The first-order valence-electron chi connectivity index (χ1n) is 7.32. The number of carbonyl (C=O) groups excluding carboxylic acids is 1. The normalized spacial score (nSPS) is 21.6. The Labute approximate surface area is 120 Å². The van der Waals surface area contributed by atoms with Gasteiger partial charge in [0.15, 0.2) is 0 Å². The number of aliphatic carboxylic acids is 1. The van der Waals surface area contributed by atoms with Crippen LogP contribution in [0, 0.1) is 11.8 Å². The fourth-order valence-electron chi connectivity index (χ4n) is 2.42. The van der Waals surface area contributed by atoms with E-state index in [4.69, 9.17) is 5.11 Å². The fourth-order valence-corrected chi connectivity index (χ4v) is 2.42. The molecule has 0 aliphatic carbocycles. The molecule has 0 aromatic rings. The average molecular weight is 286 g/mol. The van der Waals surface area contributed by atoms with Crippen LogP contribution < -0.4 is 5.32 Å². The second-order valence-electron chi connectivity index (χ2n) is 5.79. The van der Waals surface area contributed by atoms with Crippen LogP contribution in [0.15, 0.2) is 0 Å². The van der Waals surface area contributed by atoms with Crippen molar-refractivity contribution in [2.75, 3.05) is 19.6 Å². The monoisotopic (exact) mass is 286 g/mol. The van der Waals surface area contributed by atoms with Crippen molar-refractivity contribution in [1.82, 2.24) is 10.2 Å². The van der Waals surface area contributed by atoms with Gasteiger partial charge in [-0.1, -0.05) is 6.92 Å². The molecule has 3 atom stereocenters. The van der Waals surface area contributed by atoms with E-state index in [1.54, 1.807) is 11.8 Å². The molecule has 6 heteroatoms. The zero-order valence-corrected chi connectivity index (χ0v) is 12.3. The van der Waals surface area contributed by atoms with Gasteiger partial charge in [0, 0.05) is 32.0 Å². The number of aliphatic hydroxyl groups excluding tert-OH is 1. The van der Waals surface area contributed by atoms with Crippen LogP contribution in [0.5, 0.6) is 0 Å². The van der Waals surface area contributed by atoms with Gasteiger partial charge < -0.3 is 20.4 Å². The predicted octanol–water partition coefficient (Wildman–Crippen LogP) is 1.29. The van der Waals surface area contributed by atoms with Crippen molar-refractivity contribution in [1.29, 1.82) is 0 Å². The molecule has 1 saturated heterocycles. The Balaban J connectivity index is 2.16. The maximum atomic E-state index is 11.9. The molecule has 2 amide bonds. The van der Waals surface area contributed by atoms with Crippen LogP contribution in [-0.4, -0.2) is 52.9 Å². The van der Waals surface area contributed by atoms with Gasteiger partial charge in [-0.05, 0) is 32.1 Å². The molecular weight excluding hydrogens is 260 g/mol. The van der Waals surface area contributed by atoms with Crippen LogP contribution >= 0.6 is 0 Å². The molecule has 3 N–H and O–H groups in total. The van der Waals surface area contributed by atoms with E-state index >= 15 is 0 Å². The third-order valence-electron chi connectivity index (χ3n) is 3.96. The molecular formula is C14H26N2O4.